The van der Waals surface area contributed by atoms with E-state index in [9.17, 15) is 8.42 Å². The molecule has 0 fully saturated rings. The second kappa shape index (κ2) is 5.98. The first-order valence-corrected chi connectivity index (χ1v) is 7.54. The Hall–Kier alpha value is -1.99. The molecule has 2 N–H and O–H groups in total. The minimum absolute atomic E-state index is 0.0133. The lowest BCUT2D eigenvalue weighted by molar-refractivity contribution is 0.597. The summed E-state index contributed by atoms with van der Waals surface area (Å²) in [6, 6.07) is 4.95. The van der Waals surface area contributed by atoms with E-state index in [0.717, 1.165) is 11.1 Å². The van der Waals surface area contributed by atoms with Gasteiger partial charge in [-0.05, 0) is 37.2 Å². The first kappa shape index (κ1) is 14.4. The summed E-state index contributed by atoms with van der Waals surface area (Å²) in [5.74, 6) is 0. The molecule has 0 amide bonds. The topological polar surface area (TPSA) is 84.0 Å². The number of rotatable bonds is 5. The number of nitrogens with zero attached hydrogens (tertiary/aromatic N) is 2. The highest BCUT2D eigenvalue weighted by Crippen LogP contribution is 2.17. The van der Waals surface area contributed by atoms with Crippen LogP contribution in [0.3, 0.4) is 0 Å². The lowest BCUT2D eigenvalue weighted by Gasteiger charge is -2.09. The smallest absolute Gasteiger partial charge is 0.279 e. The van der Waals surface area contributed by atoms with Crippen molar-refractivity contribution in [3.05, 3.63) is 47.9 Å². The standard InChI is InChI=1S/C13H16N4O2S/c1-10-5-6-15-9-12(10)17-20(18,19)13-4-3-11(7-14-2)8-16-13/h3-6,8-9,14,17H,7H2,1-2H3. The Labute approximate surface area is 118 Å². The van der Waals surface area contributed by atoms with Crippen LogP contribution in [-0.4, -0.2) is 25.4 Å². The minimum atomic E-state index is -3.69. The fourth-order valence-corrected chi connectivity index (χ4v) is 2.69. The second-order valence-corrected chi connectivity index (χ2v) is 5.96. The fourth-order valence-electron chi connectivity index (χ4n) is 1.65. The quantitative estimate of drug-likeness (QED) is 0.868. The number of pyridine rings is 2. The van der Waals surface area contributed by atoms with E-state index in [1.54, 1.807) is 24.5 Å². The second-order valence-electron chi connectivity index (χ2n) is 4.33. The van der Waals surface area contributed by atoms with Crippen molar-refractivity contribution in [3.63, 3.8) is 0 Å². The van der Waals surface area contributed by atoms with Crippen LogP contribution in [0.5, 0.6) is 0 Å². The molecule has 0 aliphatic heterocycles. The van der Waals surface area contributed by atoms with Gasteiger partial charge in [0.25, 0.3) is 10.0 Å². The van der Waals surface area contributed by atoms with Gasteiger partial charge in [0.05, 0.1) is 11.9 Å². The van der Waals surface area contributed by atoms with Crippen LogP contribution < -0.4 is 10.0 Å². The zero-order valence-corrected chi connectivity index (χ0v) is 12.1. The third-order valence-electron chi connectivity index (χ3n) is 2.74. The highest BCUT2D eigenvalue weighted by atomic mass is 32.2. The van der Waals surface area contributed by atoms with Crippen LogP contribution in [0, 0.1) is 6.92 Å². The van der Waals surface area contributed by atoms with Gasteiger partial charge in [-0.1, -0.05) is 6.07 Å². The van der Waals surface area contributed by atoms with Crippen molar-refractivity contribution in [2.24, 2.45) is 0 Å². The third-order valence-corrected chi connectivity index (χ3v) is 4.02. The molecule has 0 spiro atoms. The third kappa shape index (κ3) is 3.31. The molecule has 0 saturated heterocycles. The SMILES string of the molecule is CNCc1ccc(S(=O)(=O)Nc2cnccc2C)nc1. The molecular formula is C13H16N4O2S. The molecule has 2 rings (SSSR count). The molecule has 2 heterocycles. The Bertz CT molecular complexity index is 684. The van der Waals surface area contributed by atoms with Gasteiger partial charge in [0, 0.05) is 18.9 Å². The van der Waals surface area contributed by atoms with Crippen LogP contribution in [0.15, 0.2) is 41.8 Å². The molecule has 0 saturated carbocycles. The van der Waals surface area contributed by atoms with E-state index in [1.807, 2.05) is 14.0 Å². The highest BCUT2D eigenvalue weighted by molar-refractivity contribution is 7.92. The van der Waals surface area contributed by atoms with Crippen LogP contribution in [-0.2, 0) is 16.6 Å². The molecule has 2 aromatic heterocycles. The van der Waals surface area contributed by atoms with E-state index in [-0.39, 0.29) is 5.03 Å². The Balaban J connectivity index is 2.24. The number of sulfonamides is 1. The zero-order valence-electron chi connectivity index (χ0n) is 11.3. The average molecular weight is 292 g/mol. The minimum Gasteiger partial charge on any atom is -0.316 e. The average Bonchev–Trinajstić information content (AvgIpc) is 2.42. The number of nitrogens with one attached hydrogen (secondary N) is 2. The molecule has 0 aromatic carbocycles. The van der Waals surface area contributed by atoms with Crippen molar-refractivity contribution in [3.8, 4) is 0 Å². The van der Waals surface area contributed by atoms with E-state index in [1.165, 1.54) is 12.3 Å². The van der Waals surface area contributed by atoms with Gasteiger partial charge in [-0.15, -0.1) is 0 Å². The molecule has 0 radical (unpaired) electrons. The Morgan fingerprint density at radius 3 is 2.60 bits per heavy atom. The molecule has 0 aliphatic rings. The number of aryl methyl sites for hydroxylation is 1. The van der Waals surface area contributed by atoms with Crippen molar-refractivity contribution in [1.82, 2.24) is 15.3 Å². The molecule has 0 bridgehead atoms. The largest absolute Gasteiger partial charge is 0.316 e. The van der Waals surface area contributed by atoms with E-state index >= 15 is 0 Å². The molecule has 20 heavy (non-hydrogen) atoms. The van der Waals surface area contributed by atoms with Gasteiger partial charge < -0.3 is 5.32 Å². The molecule has 106 valence electrons. The predicted octanol–water partition coefficient (Wildman–Crippen LogP) is 1.31. The normalized spacial score (nSPS) is 11.3. The van der Waals surface area contributed by atoms with E-state index < -0.39 is 10.0 Å². The van der Waals surface area contributed by atoms with Crippen LogP contribution >= 0.6 is 0 Å². The van der Waals surface area contributed by atoms with Gasteiger partial charge in [0.1, 0.15) is 0 Å². The summed E-state index contributed by atoms with van der Waals surface area (Å²) < 4.78 is 26.9. The van der Waals surface area contributed by atoms with Crippen molar-refractivity contribution >= 4 is 15.7 Å². The van der Waals surface area contributed by atoms with Gasteiger partial charge in [-0.3, -0.25) is 9.71 Å². The van der Waals surface area contributed by atoms with Gasteiger partial charge in [-0.2, -0.15) is 8.42 Å². The number of anilines is 1. The van der Waals surface area contributed by atoms with Gasteiger partial charge in [0.15, 0.2) is 5.03 Å². The summed E-state index contributed by atoms with van der Waals surface area (Å²) in [6.07, 6.45) is 4.63. The van der Waals surface area contributed by atoms with E-state index in [2.05, 4.69) is 20.0 Å². The summed E-state index contributed by atoms with van der Waals surface area (Å²) in [6.45, 7) is 2.45. The number of hydrogen-bond donors (Lipinski definition) is 2. The molecular weight excluding hydrogens is 276 g/mol. The lowest BCUT2D eigenvalue weighted by Crippen LogP contribution is -2.15. The van der Waals surface area contributed by atoms with Crippen molar-refractivity contribution < 1.29 is 8.42 Å². The van der Waals surface area contributed by atoms with Gasteiger partial charge >= 0.3 is 0 Å². The lowest BCUT2D eigenvalue weighted by atomic mass is 10.3. The summed E-state index contributed by atoms with van der Waals surface area (Å²) in [7, 11) is -1.87. The number of hydrogen-bond acceptors (Lipinski definition) is 5. The molecule has 6 nitrogen and oxygen atoms in total. The molecule has 0 aliphatic carbocycles. The van der Waals surface area contributed by atoms with E-state index in [4.69, 9.17) is 0 Å². The van der Waals surface area contributed by atoms with Gasteiger partial charge in [-0.25, -0.2) is 4.98 Å². The molecule has 7 heteroatoms. The maximum atomic E-state index is 12.2. The first-order valence-electron chi connectivity index (χ1n) is 6.06. The summed E-state index contributed by atoms with van der Waals surface area (Å²) in [5.41, 5.74) is 2.17. The fraction of sp³-hybridized carbons (Fsp3) is 0.231. The maximum absolute atomic E-state index is 12.2. The van der Waals surface area contributed by atoms with E-state index in [0.29, 0.717) is 12.2 Å². The zero-order chi connectivity index (χ0) is 14.6. The van der Waals surface area contributed by atoms with Crippen LogP contribution in [0.2, 0.25) is 0 Å². The monoisotopic (exact) mass is 292 g/mol. The number of aromatic nitrogens is 2. The summed E-state index contributed by atoms with van der Waals surface area (Å²) >= 11 is 0. The maximum Gasteiger partial charge on any atom is 0.279 e. The predicted molar refractivity (Wildman–Crippen MR) is 76.8 cm³/mol. The van der Waals surface area contributed by atoms with Crippen molar-refractivity contribution in [2.45, 2.75) is 18.5 Å². The Morgan fingerprint density at radius 2 is 2.00 bits per heavy atom. The summed E-state index contributed by atoms with van der Waals surface area (Å²) in [5, 5.41) is 2.96. The van der Waals surface area contributed by atoms with Gasteiger partial charge in [0.2, 0.25) is 0 Å². The molecule has 2 aromatic rings. The Morgan fingerprint density at radius 1 is 1.20 bits per heavy atom. The van der Waals surface area contributed by atoms with Crippen molar-refractivity contribution in [1.29, 1.82) is 0 Å². The first-order chi connectivity index (χ1) is 9.53. The highest BCUT2D eigenvalue weighted by Gasteiger charge is 2.16. The molecule has 0 unspecified atom stereocenters. The van der Waals surface area contributed by atoms with Crippen LogP contribution in [0.25, 0.3) is 0 Å². The Kier molecular flexibility index (Phi) is 4.31. The van der Waals surface area contributed by atoms with Crippen LogP contribution in [0.1, 0.15) is 11.1 Å². The van der Waals surface area contributed by atoms with Crippen molar-refractivity contribution in [2.75, 3.05) is 11.8 Å². The summed E-state index contributed by atoms with van der Waals surface area (Å²) in [4.78, 5) is 7.89. The van der Waals surface area contributed by atoms with Crippen LogP contribution in [0.4, 0.5) is 5.69 Å². The molecule has 0 atom stereocenters.